The minimum Gasteiger partial charge on any atom is -0.308 e. The normalized spacial score (nSPS) is 17.7. The lowest BCUT2D eigenvalue weighted by Crippen LogP contribution is -2.38. The second kappa shape index (κ2) is 6.57. The molecule has 2 N–H and O–H groups in total. The van der Waals surface area contributed by atoms with Crippen LogP contribution < -0.4 is 10.0 Å². The maximum atomic E-state index is 13.3. The number of hydrogen-bond donors (Lipinski definition) is 2. The van der Waals surface area contributed by atoms with Gasteiger partial charge in [0.1, 0.15) is 10.7 Å². The van der Waals surface area contributed by atoms with Crippen molar-refractivity contribution in [3.63, 3.8) is 0 Å². The molecular formula is C16H16ClFN2O2S. The molecule has 0 radical (unpaired) electrons. The van der Waals surface area contributed by atoms with Crippen LogP contribution in [0.5, 0.6) is 0 Å². The third-order valence-electron chi connectivity index (χ3n) is 3.88. The van der Waals surface area contributed by atoms with E-state index in [-0.39, 0.29) is 22.5 Å². The molecule has 1 aliphatic rings. The Balaban J connectivity index is 1.79. The minimum atomic E-state index is -3.88. The van der Waals surface area contributed by atoms with Crippen LogP contribution in [0.25, 0.3) is 0 Å². The molecule has 1 heterocycles. The van der Waals surface area contributed by atoms with E-state index in [2.05, 4.69) is 10.0 Å². The van der Waals surface area contributed by atoms with Gasteiger partial charge in [-0.1, -0.05) is 35.9 Å². The quantitative estimate of drug-likeness (QED) is 0.887. The monoisotopic (exact) mass is 354 g/mol. The molecule has 0 amide bonds. The molecule has 4 nitrogen and oxygen atoms in total. The number of halogens is 2. The van der Waals surface area contributed by atoms with Crippen molar-refractivity contribution in [3.05, 3.63) is 64.4 Å². The highest BCUT2D eigenvalue weighted by Gasteiger charge is 2.23. The first-order chi connectivity index (χ1) is 11.0. The predicted molar refractivity (Wildman–Crippen MR) is 87.5 cm³/mol. The van der Waals surface area contributed by atoms with E-state index in [1.807, 2.05) is 24.3 Å². The zero-order valence-corrected chi connectivity index (χ0v) is 13.8. The fourth-order valence-electron chi connectivity index (χ4n) is 2.73. The third kappa shape index (κ3) is 3.55. The molecule has 0 fully saturated rings. The van der Waals surface area contributed by atoms with Gasteiger partial charge in [-0.15, -0.1) is 0 Å². The lowest BCUT2D eigenvalue weighted by atomic mass is 9.95. The van der Waals surface area contributed by atoms with Crippen LogP contribution >= 0.6 is 11.6 Å². The van der Waals surface area contributed by atoms with Crippen LogP contribution in [-0.4, -0.2) is 21.5 Å². The summed E-state index contributed by atoms with van der Waals surface area (Å²) in [5.41, 5.74) is 2.28. The predicted octanol–water partition coefficient (Wildman–Crippen LogP) is 2.64. The largest absolute Gasteiger partial charge is 0.308 e. The summed E-state index contributed by atoms with van der Waals surface area (Å²) in [6.07, 6.45) is 0.912. The van der Waals surface area contributed by atoms with E-state index in [4.69, 9.17) is 11.6 Å². The SMILES string of the molecule is O=S(=O)(NCC1NCCc2ccccc21)c1cc(F)ccc1Cl. The van der Waals surface area contributed by atoms with Crippen LogP contribution in [0.1, 0.15) is 17.2 Å². The Kier molecular flexibility index (Phi) is 4.68. The van der Waals surface area contributed by atoms with Crippen LogP contribution in [0.2, 0.25) is 5.02 Å². The van der Waals surface area contributed by atoms with Gasteiger partial charge < -0.3 is 5.32 Å². The van der Waals surface area contributed by atoms with E-state index in [0.29, 0.717) is 0 Å². The van der Waals surface area contributed by atoms with Crippen molar-refractivity contribution in [2.75, 3.05) is 13.1 Å². The molecule has 0 bridgehead atoms. The van der Waals surface area contributed by atoms with E-state index in [0.717, 1.165) is 30.7 Å². The lowest BCUT2D eigenvalue weighted by molar-refractivity contribution is 0.491. The molecule has 1 aliphatic heterocycles. The Labute approximate surface area is 139 Å². The number of rotatable bonds is 4. The summed E-state index contributed by atoms with van der Waals surface area (Å²) in [6, 6.07) is 11.1. The topological polar surface area (TPSA) is 58.2 Å². The fourth-order valence-corrected chi connectivity index (χ4v) is 4.29. The van der Waals surface area contributed by atoms with Crippen molar-refractivity contribution >= 4 is 21.6 Å². The van der Waals surface area contributed by atoms with Gasteiger partial charge in [0, 0.05) is 12.6 Å². The van der Waals surface area contributed by atoms with Crippen molar-refractivity contribution in [2.45, 2.75) is 17.4 Å². The van der Waals surface area contributed by atoms with Gasteiger partial charge in [-0.25, -0.2) is 17.5 Å². The summed E-state index contributed by atoms with van der Waals surface area (Å²) in [4.78, 5) is -0.247. The molecule has 2 aromatic carbocycles. The second-order valence-electron chi connectivity index (χ2n) is 5.38. The number of sulfonamides is 1. The maximum Gasteiger partial charge on any atom is 0.242 e. The van der Waals surface area contributed by atoms with Crippen LogP contribution in [0.4, 0.5) is 4.39 Å². The highest BCUT2D eigenvalue weighted by atomic mass is 35.5. The highest BCUT2D eigenvalue weighted by Crippen LogP contribution is 2.24. The van der Waals surface area contributed by atoms with Crippen molar-refractivity contribution in [3.8, 4) is 0 Å². The van der Waals surface area contributed by atoms with E-state index in [1.54, 1.807) is 0 Å². The summed E-state index contributed by atoms with van der Waals surface area (Å²) in [6.45, 7) is 0.955. The molecule has 122 valence electrons. The first-order valence-corrected chi connectivity index (χ1v) is 9.09. The first-order valence-electron chi connectivity index (χ1n) is 7.23. The molecule has 0 saturated carbocycles. The Morgan fingerprint density at radius 1 is 1.26 bits per heavy atom. The standard InChI is InChI=1S/C16H16ClFN2O2S/c17-14-6-5-12(18)9-16(14)23(21,22)20-10-15-13-4-2-1-3-11(13)7-8-19-15/h1-6,9,15,19-20H,7-8,10H2. The van der Waals surface area contributed by atoms with Gasteiger partial charge in [0.15, 0.2) is 0 Å². The average molecular weight is 355 g/mol. The van der Waals surface area contributed by atoms with Crippen LogP contribution in [0.3, 0.4) is 0 Å². The van der Waals surface area contributed by atoms with Gasteiger partial charge in [0.2, 0.25) is 10.0 Å². The molecule has 0 aliphatic carbocycles. The molecule has 1 atom stereocenters. The molecule has 0 aromatic heterocycles. The molecular weight excluding hydrogens is 339 g/mol. The molecule has 3 rings (SSSR count). The van der Waals surface area contributed by atoms with Gasteiger partial charge in [-0.2, -0.15) is 0 Å². The zero-order valence-electron chi connectivity index (χ0n) is 12.2. The van der Waals surface area contributed by atoms with Gasteiger partial charge in [-0.05, 0) is 42.3 Å². The number of hydrogen-bond acceptors (Lipinski definition) is 3. The molecule has 2 aromatic rings. The Bertz CT molecular complexity index is 827. The van der Waals surface area contributed by atoms with Crippen molar-refractivity contribution in [1.29, 1.82) is 0 Å². The van der Waals surface area contributed by atoms with Crippen LogP contribution in [0.15, 0.2) is 47.4 Å². The van der Waals surface area contributed by atoms with Crippen LogP contribution in [0, 0.1) is 5.82 Å². The lowest BCUT2D eigenvalue weighted by Gasteiger charge is -2.27. The summed E-state index contributed by atoms with van der Waals surface area (Å²) in [5.74, 6) is -0.643. The van der Waals surface area contributed by atoms with E-state index in [1.165, 1.54) is 11.6 Å². The number of benzene rings is 2. The Morgan fingerprint density at radius 3 is 2.87 bits per heavy atom. The van der Waals surface area contributed by atoms with Crippen molar-refractivity contribution in [1.82, 2.24) is 10.0 Å². The summed E-state index contributed by atoms with van der Waals surface area (Å²) < 4.78 is 40.6. The van der Waals surface area contributed by atoms with Crippen molar-refractivity contribution < 1.29 is 12.8 Å². The summed E-state index contributed by atoms with van der Waals surface area (Å²) >= 11 is 5.88. The molecule has 23 heavy (non-hydrogen) atoms. The van der Waals surface area contributed by atoms with E-state index < -0.39 is 15.8 Å². The van der Waals surface area contributed by atoms with Gasteiger partial charge >= 0.3 is 0 Å². The number of fused-ring (bicyclic) bond motifs is 1. The summed E-state index contributed by atoms with van der Waals surface area (Å²) in [7, 11) is -3.88. The van der Waals surface area contributed by atoms with Crippen molar-refractivity contribution in [2.24, 2.45) is 0 Å². The summed E-state index contributed by atoms with van der Waals surface area (Å²) in [5, 5.41) is 3.29. The minimum absolute atomic E-state index is 0.00379. The smallest absolute Gasteiger partial charge is 0.242 e. The average Bonchev–Trinajstić information content (AvgIpc) is 2.55. The van der Waals surface area contributed by atoms with Gasteiger partial charge in [0.25, 0.3) is 0 Å². The highest BCUT2D eigenvalue weighted by molar-refractivity contribution is 7.89. The third-order valence-corrected chi connectivity index (χ3v) is 5.78. The molecule has 1 unspecified atom stereocenters. The first kappa shape index (κ1) is 16.4. The Morgan fingerprint density at radius 2 is 2.04 bits per heavy atom. The van der Waals surface area contributed by atoms with Gasteiger partial charge in [-0.3, -0.25) is 0 Å². The zero-order chi connectivity index (χ0) is 16.4. The van der Waals surface area contributed by atoms with E-state index >= 15 is 0 Å². The van der Waals surface area contributed by atoms with Crippen LogP contribution in [-0.2, 0) is 16.4 Å². The van der Waals surface area contributed by atoms with Gasteiger partial charge in [0.05, 0.1) is 5.02 Å². The number of nitrogens with one attached hydrogen (secondary N) is 2. The Hall–Kier alpha value is -1.47. The molecule has 0 saturated heterocycles. The van der Waals surface area contributed by atoms with E-state index in [9.17, 15) is 12.8 Å². The molecule has 0 spiro atoms. The maximum absolute atomic E-state index is 13.3. The molecule has 7 heteroatoms. The fraction of sp³-hybridized carbons (Fsp3) is 0.250. The second-order valence-corrected chi connectivity index (χ2v) is 7.52.